The molecule has 0 N–H and O–H groups in total. The number of piperidine rings is 1. The Morgan fingerprint density at radius 1 is 1.54 bits per heavy atom. The molecule has 1 amide bonds. The molecule has 0 aliphatic carbocycles. The van der Waals surface area contributed by atoms with E-state index in [0.29, 0.717) is 12.5 Å². The summed E-state index contributed by atoms with van der Waals surface area (Å²) < 4.78 is 0. The Morgan fingerprint density at radius 3 is 2.77 bits per heavy atom. The zero-order valence-corrected chi connectivity index (χ0v) is 8.92. The molecule has 1 heterocycles. The van der Waals surface area contributed by atoms with Crippen molar-refractivity contribution in [2.45, 2.75) is 19.8 Å². The highest BCUT2D eigenvalue weighted by Crippen LogP contribution is 2.15. The van der Waals surface area contributed by atoms with Gasteiger partial charge in [-0.25, -0.2) is 0 Å². The van der Waals surface area contributed by atoms with Crippen LogP contribution in [-0.4, -0.2) is 49.4 Å². The summed E-state index contributed by atoms with van der Waals surface area (Å²) >= 11 is 0. The van der Waals surface area contributed by atoms with E-state index in [1.165, 1.54) is 12.8 Å². The number of likely N-dealkylation sites (tertiary alicyclic amines) is 1. The highest BCUT2D eigenvalue weighted by atomic mass is 16.2. The number of hydrogen-bond donors (Lipinski definition) is 0. The molecule has 0 aromatic carbocycles. The summed E-state index contributed by atoms with van der Waals surface area (Å²) in [4.78, 5) is 15.6. The Morgan fingerprint density at radius 2 is 2.23 bits per heavy atom. The van der Waals surface area contributed by atoms with Gasteiger partial charge in [0.2, 0.25) is 5.91 Å². The molecule has 0 aromatic rings. The molecule has 0 spiro atoms. The van der Waals surface area contributed by atoms with E-state index in [4.69, 9.17) is 0 Å². The molecule has 0 bridgehead atoms. The number of likely N-dealkylation sites (N-methyl/N-ethyl adjacent to an activating group) is 1. The van der Waals surface area contributed by atoms with E-state index in [2.05, 4.69) is 6.92 Å². The highest BCUT2D eigenvalue weighted by molar-refractivity contribution is 5.78. The lowest BCUT2D eigenvalue weighted by Gasteiger charge is -2.31. The summed E-state index contributed by atoms with van der Waals surface area (Å²) in [7, 11) is 3.87. The van der Waals surface area contributed by atoms with Crippen molar-refractivity contribution < 1.29 is 4.79 Å². The van der Waals surface area contributed by atoms with Crippen LogP contribution in [0.15, 0.2) is 0 Å². The SMILES string of the molecule is C[C@H]1CCCN(C(=O)CN(C)C)C1. The quantitative estimate of drug-likeness (QED) is 0.634. The normalized spacial score (nSPS) is 23.7. The minimum atomic E-state index is 0.275. The van der Waals surface area contributed by atoms with Gasteiger partial charge in [-0.05, 0) is 32.9 Å². The van der Waals surface area contributed by atoms with Crippen molar-refractivity contribution in [3.63, 3.8) is 0 Å². The summed E-state index contributed by atoms with van der Waals surface area (Å²) in [6.45, 7) is 4.67. The van der Waals surface area contributed by atoms with Crippen LogP contribution in [0.25, 0.3) is 0 Å². The van der Waals surface area contributed by atoms with Crippen molar-refractivity contribution in [1.29, 1.82) is 0 Å². The van der Waals surface area contributed by atoms with Crippen LogP contribution in [0.3, 0.4) is 0 Å². The standard InChI is InChI=1S/C10H20N2O/c1-9-5-4-6-12(7-9)10(13)8-11(2)3/h9H,4-8H2,1-3H3/t9-/m0/s1. The summed E-state index contributed by atoms with van der Waals surface area (Å²) in [6, 6.07) is 0. The largest absolute Gasteiger partial charge is 0.341 e. The predicted molar refractivity (Wildman–Crippen MR) is 53.5 cm³/mol. The molecule has 1 aliphatic heterocycles. The summed E-state index contributed by atoms with van der Waals surface area (Å²) in [5.41, 5.74) is 0. The monoisotopic (exact) mass is 184 g/mol. The molecule has 3 heteroatoms. The van der Waals surface area contributed by atoms with Gasteiger partial charge in [0.25, 0.3) is 0 Å². The average Bonchev–Trinajstić information content (AvgIpc) is 2.03. The first kappa shape index (κ1) is 10.5. The maximum absolute atomic E-state index is 11.6. The van der Waals surface area contributed by atoms with Crippen molar-refractivity contribution in [2.75, 3.05) is 33.7 Å². The van der Waals surface area contributed by atoms with Gasteiger partial charge in [-0.3, -0.25) is 4.79 Å². The summed E-state index contributed by atoms with van der Waals surface area (Å²) in [5.74, 6) is 0.955. The molecule has 13 heavy (non-hydrogen) atoms. The number of hydrogen-bond acceptors (Lipinski definition) is 2. The maximum Gasteiger partial charge on any atom is 0.236 e. The maximum atomic E-state index is 11.6. The zero-order valence-electron chi connectivity index (χ0n) is 8.92. The fourth-order valence-corrected chi connectivity index (χ4v) is 1.79. The molecule has 0 saturated carbocycles. The van der Waals surface area contributed by atoms with Crippen molar-refractivity contribution in [1.82, 2.24) is 9.80 Å². The van der Waals surface area contributed by atoms with Gasteiger partial charge in [-0.1, -0.05) is 6.92 Å². The van der Waals surface area contributed by atoms with Gasteiger partial charge in [0.05, 0.1) is 6.54 Å². The lowest BCUT2D eigenvalue weighted by atomic mass is 10.0. The van der Waals surface area contributed by atoms with Gasteiger partial charge < -0.3 is 9.80 Å². The first-order valence-corrected chi connectivity index (χ1v) is 5.02. The molecule has 0 radical (unpaired) electrons. The molecule has 1 saturated heterocycles. The van der Waals surface area contributed by atoms with E-state index in [9.17, 15) is 4.79 Å². The van der Waals surface area contributed by atoms with Gasteiger partial charge in [0.15, 0.2) is 0 Å². The van der Waals surface area contributed by atoms with E-state index in [0.717, 1.165) is 13.1 Å². The van der Waals surface area contributed by atoms with Gasteiger partial charge in [0, 0.05) is 13.1 Å². The highest BCUT2D eigenvalue weighted by Gasteiger charge is 2.20. The molecular weight excluding hydrogens is 164 g/mol. The van der Waals surface area contributed by atoms with Crippen LogP contribution in [0.2, 0.25) is 0 Å². The second-order valence-electron chi connectivity index (χ2n) is 4.32. The lowest BCUT2D eigenvalue weighted by molar-refractivity contribution is -0.133. The molecule has 1 atom stereocenters. The minimum absolute atomic E-state index is 0.275. The molecule has 1 fully saturated rings. The molecule has 76 valence electrons. The van der Waals surface area contributed by atoms with Crippen molar-refractivity contribution in [3.8, 4) is 0 Å². The lowest BCUT2D eigenvalue weighted by Crippen LogP contribution is -2.43. The van der Waals surface area contributed by atoms with Gasteiger partial charge in [-0.15, -0.1) is 0 Å². The zero-order chi connectivity index (χ0) is 9.84. The Kier molecular flexibility index (Phi) is 3.72. The van der Waals surface area contributed by atoms with Crippen molar-refractivity contribution in [2.24, 2.45) is 5.92 Å². The fourth-order valence-electron chi connectivity index (χ4n) is 1.79. The van der Waals surface area contributed by atoms with E-state index < -0.39 is 0 Å². The smallest absolute Gasteiger partial charge is 0.236 e. The van der Waals surface area contributed by atoms with Crippen LogP contribution in [0.1, 0.15) is 19.8 Å². The number of amides is 1. The van der Waals surface area contributed by atoms with E-state index in [1.54, 1.807) is 0 Å². The molecular formula is C10H20N2O. The second kappa shape index (κ2) is 4.61. The average molecular weight is 184 g/mol. The minimum Gasteiger partial charge on any atom is -0.341 e. The van der Waals surface area contributed by atoms with Crippen LogP contribution in [0.4, 0.5) is 0 Å². The van der Waals surface area contributed by atoms with Gasteiger partial charge >= 0.3 is 0 Å². The topological polar surface area (TPSA) is 23.6 Å². The second-order valence-corrected chi connectivity index (χ2v) is 4.32. The predicted octanol–water partition coefficient (Wildman–Crippen LogP) is 0.806. The third-order valence-electron chi connectivity index (χ3n) is 2.46. The Balaban J connectivity index is 2.37. The molecule has 3 nitrogen and oxygen atoms in total. The number of carbonyl (C=O) groups is 1. The number of nitrogens with zero attached hydrogens (tertiary/aromatic N) is 2. The van der Waals surface area contributed by atoms with Crippen LogP contribution in [0, 0.1) is 5.92 Å². The molecule has 0 unspecified atom stereocenters. The first-order valence-electron chi connectivity index (χ1n) is 5.02. The third kappa shape index (κ3) is 3.35. The molecule has 0 aromatic heterocycles. The van der Waals surface area contributed by atoms with E-state index in [1.807, 2.05) is 23.9 Å². The van der Waals surface area contributed by atoms with Crippen LogP contribution in [0.5, 0.6) is 0 Å². The van der Waals surface area contributed by atoms with Crippen molar-refractivity contribution >= 4 is 5.91 Å². The molecule has 1 aliphatic rings. The molecule has 1 rings (SSSR count). The van der Waals surface area contributed by atoms with Gasteiger partial charge in [-0.2, -0.15) is 0 Å². The first-order chi connectivity index (χ1) is 6.09. The van der Waals surface area contributed by atoms with Crippen molar-refractivity contribution in [3.05, 3.63) is 0 Å². The number of rotatable bonds is 2. The summed E-state index contributed by atoms with van der Waals surface area (Å²) in [6.07, 6.45) is 2.44. The van der Waals surface area contributed by atoms with Crippen LogP contribution in [-0.2, 0) is 4.79 Å². The third-order valence-corrected chi connectivity index (χ3v) is 2.46. The Bertz CT molecular complexity index is 180. The van der Waals surface area contributed by atoms with Crippen LogP contribution < -0.4 is 0 Å². The van der Waals surface area contributed by atoms with Crippen LogP contribution >= 0.6 is 0 Å². The van der Waals surface area contributed by atoms with E-state index >= 15 is 0 Å². The summed E-state index contributed by atoms with van der Waals surface area (Å²) in [5, 5.41) is 0. The Hall–Kier alpha value is -0.570. The van der Waals surface area contributed by atoms with Gasteiger partial charge in [0.1, 0.15) is 0 Å². The number of carbonyl (C=O) groups excluding carboxylic acids is 1. The Labute approximate surface area is 80.7 Å². The van der Waals surface area contributed by atoms with E-state index in [-0.39, 0.29) is 5.91 Å². The fraction of sp³-hybridized carbons (Fsp3) is 0.900.